The van der Waals surface area contributed by atoms with Gasteiger partial charge < -0.3 is 20.1 Å². The first kappa shape index (κ1) is 13.0. The summed E-state index contributed by atoms with van der Waals surface area (Å²) in [7, 11) is 5.40. The quantitative estimate of drug-likeness (QED) is 0.867. The van der Waals surface area contributed by atoms with Gasteiger partial charge in [-0.2, -0.15) is 0 Å². The Balaban J connectivity index is 2.30. The summed E-state index contributed by atoms with van der Waals surface area (Å²) in [6, 6.07) is 3.93. The molecule has 4 nitrogen and oxygen atoms in total. The molecule has 1 aliphatic rings. The molecular weight excluding hydrogens is 228 g/mol. The molecule has 0 unspecified atom stereocenters. The first-order valence-corrected chi connectivity index (χ1v) is 6.22. The van der Waals surface area contributed by atoms with Gasteiger partial charge in [-0.15, -0.1) is 0 Å². The molecule has 0 amide bonds. The zero-order valence-corrected chi connectivity index (χ0v) is 11.6. The molecule has 0 spiro atoms. The molecule has 0 atom stereocenters. The van der Waals surface area contributed by atoms with E-state index in [2.05, 4.69) is 18.9 Å². The number of aryl methyl sites for hydroxylation is 1. The lowest BCUT2D eigenvalue weighted by atomic mass is 10.1. The second kappa shape index (κ2) is 4.69. The smallest absolute Gasteiger partial charge is 0.146 e. The van der Waals surface area contributed by atoms with E-state index in [1.165, 1.54) is 0 Å². The van der Waals surface area contributed by atoms with Crippen molar-refractivity contribution in [2.24, 2.45) is 5.73 Å². The van der Waals surface area contributed by atoms with Crippen molar-refractivity contribution in [2.75, 3.05) is 32.7 Å². The van der Waals surface area contributed by atoms with Crippen LogP contribution in [-0.4, -0.2) is 33.4 Å². The first-order valence-electron chi connectivity index (χ1n) is 6.22. The molecular formula is C14H22N2O2. The van der Waals surface area contributed by atoms with Crippen molar-refractivity contribution in [1.82, 2.24) is 0 Å². The van der Waals surface area contributed by atoms with Crippen LogP contribution in [0.25, 0.3) is 0 Å². The molecule has 1 aromatic carbocycles. The maximum atomic E-state index is 6.18. The fourth-order valence-corrected chi connectivity index (χ4v) is 2.35. The lowest BCUT2D eigenvalue weighted by Gasteiger charge is -2.27. The molecule has 0 heterocycles. The van der Waals surface area contributed by atoms with E-state index in [1.54, 1.807) is 14.2 Å². The van der Waals surface area contributed by atoms with Crippen molar-refractivity contribution in [3.05, 3.63) is 17.7 Å². The summed E-state index contributed by atoms with van der Waals surface area (Å²) < 4.78 is 10.7. The second-order valence-electron chi connectivity index (χ2n) is 5.21. The van der Waals surface area contributed by atoms with Gasteiger partial charge in [0.25, 0.3) is 0 Å². The molecule has 1 aromatic rings. The van der Waals surface area contributed by atoms with Crippen LogP contribution < -0.4 is 20.1 Å². The zero-order chi connectivity index (χ0) is 13.3. The van der Waals surface area contributed by atoms with Crippen LogP contribution >= 0.6 is 0 Å². The average Bonchev–Trinajstić information content (AvgIpc) is 3.05. The molecule has 18 heavy (non-hydrogen) atoms. The Kier molecular flexibility index (Phi) is 3.39. The summed E-state index contributed by atoms with van der Waals surface area (Å²) in [5, 5.41) is 0. The topological polar surface area (TPSA) is 47.7 Å². The van der Waals surface area contributed by atoms with Crippen LogP contribution in [0.3, 0.4) is 0 Å². The number of nitrogens with two attached hydrogens (primary N) is 1. The highest BCUT2D eigenvalue weighted by Gasteiger charge is 2.39. The number of hydrogen-bond donors (Lipinski definition) is 1. The van der Waals surface area contributed by atoms with E-state index in [-0.39, 0.29) is 5.54 Å². The molecule has 2 N–H and O–H groups in total. The Morgan fingerprint density at radius 2 is 1.94 bits per heavy atom. The number of likely N-dealkylation sites (N-methyl/N-ethyl adjacent to an activating group) is 1. The van der Waals surface area contributed by atoms with Gasteiger partial charge in [0.1, 0.15) is 11.5 Å². The van der Waals surface area contributed by atoms with Crippen LogP contribution in [0.15, 0.2) is 12.1 Å². The normalized spacial score (nSPS) is 16.3. The molecule has 0 bridgehead atoms. The lowest BCUT2D eigenvalue weighted by molar-refractivity contribution is 0.393. The predicted octanol–water partition coefficient (Wildman–Crippen LogP) is 1.94. The molecule has 1 saturated carbocycles. The summed E-state index contributed by atoms with van der Waals surface area (Å²) in [6.45, 7) is 2.92. The molecule has 0 radical (unpaired) electrons. The Morgan fingerprint density at radius 1 is 1.28 bits per heavy atom. The molecule has 0 aromatic heterocycles. The van der Waals surface area contributed by atoms with Gasteiger partial charge in [-0.05, 0) is 31.4 Å². The molecule has 1 fully saturated rings. The number of hydrogen-bond acceptors (Lipinski definition) is 4. The molecule has 2 rings (SSSR count). The monoisotopic (exact) mass is 250 g/mol. The molecule has 1 aliphatic carbocycles. The van der Waals surface area contributed by atoms with Crippen LogP contribution in [-0.2, 0) is 0 Å². The van der Waals surface area contributed by atoms with E-state index in [0.29, 0.717) is 0 Å². The van der Waals surface area contributed by atoms with E-state index >= 15 is 0 Å². The van der Waals surface area contributed by atoms with Crippen molar-refractivity contribution < 1.29 is 9.47 Å². The highest BCUT2D eigenvalue weighted by atomic mass is 16.5. The minimum absolute atomic E-state index is 0.00781. The zero-order valence-electron chi connectivity index (χ0n) is 11.6. The third-order valence-corrected chi connectivity index (χ3v) is 3.52. The highest BCUT2D eigenvalue weighted by molar-refractivity contribution is 5.66. The van der Waals surface area contributed by atoms with Gasteiger partial charge in [0, 0.05) is 25.2 Å². The Bertz CT molecular complexity index is 442. The fourth-order valence-electron chi connectivity index (χ4n) is 2.35. The Hall–Kier alpha value is -1.42. The lowest BCUT2D eigenvalue weighted by Crippen LogP contribution is -2.37. The van der Waals surface area contributed by atoms with Gasteiger partial charge in [-0.1, -0.05) is 0 Å². The summed E-state index contributed by atoms with van der Waals surface area (Å²) in [5.74, 6) is 1.65. The Morgan fingerprint density at radius 3 is 2.44 bits per heavy atom. The van der Waals surface area contributed by atoms with Crippen molar-refractivity contribution >= 4 is 5.69 Å². The minimum Gasteiger partial charge on any atom is -0.497 e. The van der Waals surface area contributed by atoms with Crippen LogP contribution in [0.4, 0.5) is 5.69 Å². The third kappa shape index (κ3) is 2.53. The van der Waals surface area contributed by atoms with Crippen molar-refractivity contribution in [3.8, 4) is 11.5 Å². The number of anilines is 1. The number of methoxy groups -OCH3 is 2. The summed E-state index contributed by atoms with van der Waals surface area (Å²) in [5.41, 5.74) is 8.40. The second-order valence-corrected chi connectivity index (χ2v) is 5.21. The van der Waals surface area contributed by atoms with Gasteiger partial charge in [0.2, 0.25) is 0 Å². The predicted molar refractivity (Wildman–Crippen MR) is 73.7 cm³/mol. The van der Waals surface area contributed by atoms with E-state index in [9.17, 15) is 0 Å². The van der Waals surface area contributed by atoms with E-state index in [0.717, 1.165) is 42.1 Å². The minimum atomic E-state index is -0.00781. The van der Waals surface area contributed by atoms with Crippen molar-refractivity contribution in [1.29, 1.82) is 0 Å². The number of ether oxygens (including phenoxy) is 2. The standard InChI is InChI=1S/C14H22N2O2/c1-10-7-11(17-3)8-12(18-4)13(10)16(2)9-14(15)5-6-14/h7-8H,5-6,9,15H2,1-4H3. The van der Waals surface area contributed by atoms with Gasteiger partial charge >= 0.3 is 0 Å². The van der Waals surface area contributed by atoms with Crippen LogP contribution in [0, 0.1) is 6.92 Å². The van der Waals surface area contributed by atoms with Crippen LogP contribution in [0.2, 0.25) is 0 Å². The van der Waals surface area contributed by atoms with Crippen molar-refractivity contribution in [2.45, 2.75) is 25.3 Å². The SMILES string of the molecule is COc1cc(C)c(N(C)CC2(N)CC2)c(OC)c1. The van der Waals surface area contributed by atoms with Gasteiger partial charge in [0.05, 0.1) is 19.9 Å². The highest BCUT2D eigenvalue weighted by Crippen LogP contribution is 2.39. The summed E-state index contributed by atoms with van der Waals surface area (Å²) in [4.78, 5) is 2.18. The Labute approximate surface area is 109 Å². The maximum absolute atomic E-state index is 6.18. The average molecular weight is 250 g/mol. The number of benzene rings is 1. The molecule has 100 valence electrons. The summed E-state index contributed by atoms with van der Waals surface area (Å²) >= 11 is 0. The van der Waals surface area contributed by atoms with Crippen LogP contribution in [0.5, 0.6) is 11.5 Å². The number of rotatable bonds is 5. The number of nitrogens with zero attached hydrogens (tertiary/aromatic N) is 1. The van der Waals surface area contributed by atoms with Gasteiger partial charge in [0.15, 0.2) is 0 Å². The van der Waals surface area contributed by atoms with E-state index in [1.807, 2.05) is 12.1 Å². The third-order valence-electron chi connectivity index (χ3n) is 3.52. The molecule has 4 heteroatoms. The van der Waals surface area contributed by atoms with E-state index in [4.69, 9.17) is 15.2 Å². The van der Waals surface area contributed by atoms with Crippen LogP contribution in [0.1, 0.15) is 18.4 Å². The van der Waals surface area contributed by atoms with Gasteiger partial charge in [-0.3, -0.25) is 0 Å². The fraction of sp³-hybridized carbons (Fsp3) is 0.571. The molecule has 0 aliphatic heterocycles. The maximum Gasteiger partial charge on any atom is 0.146 e. The first-order chi connectivity index (χ1) is 8.49. The van der Waals surface area contributed by atoms with E-state index < -0.39 is 0 Å². The largest absolute Gasteiger partial charge is 0.497 e. The van der Waals surface area contributed by atoms with Gasteiger partial charge in [-0.25, -0.2) is 0 Å². The molecule has 0 saturated heterocycles. The van der Waals surface area contributed by atoms with Crippen molar-refractivity contribution in [3.63, 3.8) is 0 Å². The summed E-state index contributed by atoms with van der Waals surface area (Å²) in [6.07, 6.45) is 2.21.